The summed E-state index contributed by atoms with van der Waals surface area (Å²) in [6.07, 6.45) is 0. The molecule has 0 N–H and O–H groups in total. The van der Waals surface area contributed by atoms with Gasteiger partial charge in [-0.3, -0.25) is 0 Å². The number of fused-ring (bicyclic) bond motifs is 1. The first kappa shape index (κ1) is 12.8. The summed E-state index contributed by atoms with van der Waals surface area (Å²) in [4.78, 5) is -0.108. The number of alkyl halides is 1. The lowest BCUT2D eigenvalue weighted by molar-refractivity contribution is 0.613. The van der Waals surface area contributed by atoms with E-state index in [-0.39, 0.29) is 10.6 Å². The van der Waals surface area contributed by atoms with Gasteiger partial charge in [-0.2, -0.15) is 0 Å². The molecule has 0 nitrogen and oxygen atoms in total. The van der Waals surface area contributed by atoms with Crippen molar-refractivity contribution < 1.29 is 4.39 Å². The second-order valence-corrected chi connectivity index (χ2v) is 6.40. The fraction of sp³-hybridized carbons (Fsp3) is 0.125. The summed E-state index contributed by atoms with van der Waals surface area (Å²) in [6.45, 7) is 1.98. The zero-order valence-electron chi connectivity index (χ0n) is 10.4. The van der Waals surface area contributed by atoms with Gasteiger partial charge in [-0.05, 0) is 35.4 Å². The molecular weight excluding hydrogens is 323 g/mol. The lowest BCUT2D eigenvalue weighted by atomic mass is 10.0. The van der Waals surface area contributed by atoms with Crippen LogP contribution < -0.4 is 0 Å². The van der Waals surface area contributed by atoms with E-state index in [0.29, 0.717) is 5.56 Å². The van der Waals surface area contributed by atoms with E-state index >= 15 is 0 Å². The number of rotatable bonds is 2. The predicted octanol–water partition coefficient (Wildman–Crippen LogP) is 5.83. The van der Waals surface area contributed by atoms with Crippen LogP contribution in [0.5, 0.6) is 0 Å². The minimum atomic E-state index is -0.164. The highest BCUT2D eigenvalue weighted by Gasteiger charge is 2.18. The highest BCUT2D eigenvalue weighted by atomic mass is 79.9. The third kappa shape index (κ3) is 2.33. The number of benzene rings is 2. The Morgan fingerprint density at radius 3 is 2.74 bits per heavy atom. The topological polar surface area (TPSA) is 0 Å². The van der Waals surface area contributed by atoms with Crippen molar-refractivity contribution in [3.63, 3.8) is 0 Å². The molecule has 0 amide bonds. The maximum absolute atomic E-state index is 14.0. The molecule has 0 aliphatic carbocycles. The summed E-state index contributed by atoms with van der Waals surface area (Å²) in [5, 5.41) is 3.29. The second kappa shape index (κ2) is 5.06. The number of halogens is 2. The second-order valence-electron chi connectivity index (χ2n) is 4.57. The van der Waals surface area contributed by atoms with Crippen LogP contribution in [-0.4, -0.2) is 0 Å². The fourth-order valence-corrected chi connectivity index (χ4v) is 4.11. The van der Waals surface area contributed by atoms with Crippen LogP contribution in [0.2, 0.25) is 0 Å². The summed E-state index contributed by atoms with van der Waals surface area (Å²) in [6, 6.07) is 13.5. The summed E-state index contributed by atoms with van der Waals surface area (Å²) < 4.78 is 15.2. The molecule has 96 valence electrons. The summed E-state index contributed by atoms with van der Waals surface area (Å²) in [5.41, 5.74) is 2.90. The smallest absolute Gasteiger partial charge is 0.127 e. The number of thiophene rings is 1. The van der Waals surface area contributed by atoms with Gasteiger partial charge in [-0.15, -0.1) is 11.3 Å². The molecule has 0 aliphatic rings. The van der Waals surface area contributed by atoms with E-state index < -0.39 is 0 Å². The van der Waals surface area contributed by atoms with Crippen LogP contribution in [0.25, 0.3) is 10.1 Å². The summed E-state index contributed by atoms with van der Waals surface area (Å²) in [7, 11) is 0. The maximum atomic E-state index is 14.0. The average molecular weight is 335 g/mol. The number of hydrogen-bond acceptors (Lipinski definition) is 1. The first-order valence-electron chi connectivity index (χ1n) is 6.03. The molecule has 0 aliphatic heterocycles. The quantitative estimate of drug-likeness (QED) is 0.517. The van der Waals surface area contributed by atoms with Gasteiger partial charge >= 0.3 is 0 Å². The molecule has 3 aromatic rings. The van der Waals surface area contributed by atoms with E-state index in [4.69, 9.17) is 0 Å². The van der Waals surface area contributed by atoms with Crippen LogP contribution in [0.4, 0.5) is 4.39 Å². The Kier molecular flexibility index (Phi) is 3.42. The molecule has 1 aromatic heterocycles. The van der Waals surface area contributed by atoms with Gasteiger partial charge in [0, 0.05) is 10.3 Å². The number of aryl methyl sites for hydroxylation is 1. The van der Waals surface area contributed by atoms with Crippen molar-refractivity contribution in [3.05, 3.63) is 70.4 Å². The van der Waals surface area contributed by atoms with Crippen molar-refractivity contribution in [3.8, 4) is 0 Å². The Hall–Kier alpha value is -1.19. The van der Waals surface area contributed by atoms with Crippen molar-refractivity contribution in [1.82, 2.24) is 0 Å². The zero-order chi connectivity index (χ0) is 13.4. The molecule has 1 heterocycles. The molecule has 1 atom stereocenters. The molecule has 0 bridgehead atoms. The van der Waals surface area contributed by atoms with Crippen LogP contribution in [0.3, 0.4) is 0 Å². The van der Waals surface area contributed by atoms with E-state index in [1.54, 1.807) is 17.4 Å². The van der Waals surface area contributed by atoms with Crippen LogP contribution >= 0.6 is 27.3 Å². The lowest BCUT2D eigenvalue weighted by Gasteiger charge is -2.11. The van der Waals surface area contributed by atoms with Crippen LogP contribution in [0, 0.1) is 12.7 Å². The van der Waals surface area contributed by atoms with Gasteiger partial charge in [-0.1, -0.05) is 51.8 Å². The molecule has 0 radical (unpaired) electrons. The molecule has 3 rings (SSSR count). The molecule has 0 saturated carbocycles. The molecule has 0 saturated heterocycles. The van der Waals surface area contributed by atoms with Gasteiger partial charge in [0.15, 0.2) is 0 Å². The van der Waals surface area contributed by atoms with Gasteiger partial charge in [-0.25, -0.2) is 4.39 Å². The summed E-state index contributed by atoms with van der Waals surface area (Å²) in [5.74, 6) is -0.164. The van der Waals surface area contributed by atoms with E-state index in [1.807, 2.05) is 25.1 Å². The van der Waals surface area contributed by atoms with E-state index in [0.717, 1.165) is 11.1 Å². The molecule has 3 heteroatoms. The Morgan fingerprint density at radius 1 is 1.11 bits per heavy atom. The van der Waals surface area contributed by atoms with E-state index in [1.165, 1.54) is 16.2 Å². The molecule has 1 unspecified atom stereocenters. The Balaban J connectivity index is 2.13. The highest BCUT2D eigenvalue weighted by Crippen LogP contribution is 2.39. The van der Waals surface area contributed by atoms with Gasteiger partial charge in [0.25, 0.3) is 0 Å². The van der Waals surface area contributed by atoms with Crippen LogP contribution in [-0.2, 0) is 0 Å². The van der Waals surface area contributed by atoms with E-state index in [2.05, 4.69) is 33.4 Å². The van der Waals surface area contributed by atoms with Crippen molar-refractivity contribution in [2.75, 3.05) is 0 Å². The van der Waals surface area contributed by atoms with Crippen LogP contribution in [0.1, 0.15) is 21.5 Å². The molecule has 2 aromatic carbocycles. The van der Waals surface area contributed by atoms with Crippen molar-refractivity contribution in [1.29, 1.82) is 0 Å². The largest absolute Gasteiger partial charge is 0.207 e. The van der Waals surface area contributed by atoms with Gasteiger partial charge in [0.2, 0.25) is 0 Å². The lowest BCUT2D eigenvalue weighted by Crippen LogP contribution is -1.96. The normalized spacial score (nSPS) is 12.8. The third-order valence-electron chi connectivity index (χ3n) is 3.21. The third-order valence-corrected chi connectivity index (χ3v) is 5.18. The molecule has 0 spiro atoms. The van der Waals surface area contributed by atoms with Crippen molar-refractivity contribution in [2.24, 2.45) is 0 Å². The van der Waals surface area contributed by atoms with Crippen molar-refractivity contribution in [2.45, 2.75) is 11.8 Å². The van der Waals surface area contributed by atoms with Gasteiger partial charge in [0.1, 0.15) is 5.82 Å². The van der Waals surface area contributed by atoms with Crippen LogP contribution in [0.15, 0.2) is 47.8 Å². The first-order valence-corrected chi connectivity index (χ1v) is 7.82. The SMILES string of the molecule is Cc1ccc(F)c(C(Br)c2csc3ccccc23)c1. The minimum absolute atomic E-state index is 0.108. The first-order chi connectivity index (χ1) is 9.16. The van der Waals surface area contributed by atoms with E-state index in [9.17, 15) is 4.39 Å². The summed E-state index contributed by atoms with van der Waals surface area (Å²) >= 11 is 5.34. The fourth-order valence-electron chi connectivity index (χ4n) is 2.22. The Morgan fingerprint density at radius 2 is 1.89 bits per heavy atom. The van der Waals surface area contributed by atoms with Gasteiger partial charge < -0.3 is 0 Å². The van der Waals surface area contributed by atoms with Gasteiger partial charge in [0.05, 0.1) is 4.83 Å². The maximum Gasteiger partial charge on any atom is 0.127 e. The monoisotopic (exact) mass is 334 g/mol. The molecular formula is C16H12BrFS. The zero-order valence-corrected chi connectivity index (χ0v) is 12.8. The Labute approximate surface area is 124 Å². The van der Waals surface area contributed by atoms with Crippen molar-refractivity contribution >= 4 is 37.4 Å². The average Bonchev–Trinajstić information content (AvgIpc) is 2.84. The highest BCUT2D eigenvalue weighted by molar-refractivity contribution is 9.09. The predicted molar refractivity (Wildman–Crippen MR) is 83.7 cm³/mol. The number of hydrogen-bond donors (Lipinski definition) is 0. The Bertz CT molecular complexity index is 732. The molecule has 0 fully saturated rings. The standard InChI is InChI=1S/C16H12BrFS/c1-10-6-7-14(18)12(8-10)16(17)13-9-19-15-5-3-2-4-11(13)15/h2-9,16H,1H3. The minimum Gasteiger partial charge on any atom is -0.207 e. The molecule has 19 heavy (non-hydrogen) atoms.